The van der Waals surface area contributed by atoms with Crippen molar-refractivity contribution in [2.75, 3.05) is 5.32 Å². The smallest absolute Gasteiger partial charge is 0.170 e. The third kappa shape index (κ3) is 4.57. The van der Waals surface area contributed by atoms with E-state index in [9.17, 15) is 0 Å². The summed E-state index contributed by atoms with van der Waals surface area (Å²) in [5.41, 5.74) is 9.65. The largest absolute Gasteiger partial charge is 0.368 e. The minimum atomic E-state index is 0.0293. The molecule has 1 radical (unpaired) electrons. The summed E-state index contributed by atoms with van der Waals surface area (Å²) in [5.74, 6) is 0. The molecular weight excluding hydrogens is 219 g/mol. The van der Waals surface area contributed by atoms with Crippen LogP contribution < -0.4 is 11.1 Å². The van der Waals surface area contributed by atoms with E-state index in [4.69, 9.17) is 5.73 Å². The van der Waals surface area contributed by atoms with Crippen molar-refractivity contribution in [3.8, 4) is 0 Å². The van der Waals surface area contributed by atoms with Gasteiger partial charge in [0.1, 0.15) is 0 Å². The number of aryl methyl sites for hydroxylation is 1. The van der Waals surface area contributed by atoms with Gasteiger partial charge in [-0.2, -0.15) is 0 Å². The average Bonchev–Trinajstić information content (AvgIpc) is 2.29. The van der Waals surface area contributed by atoms with Crippen molar-refractivity contribution in [3.63, 3.8) is 0 Å². The first-order valence-electron chi connectivity index (χ1n) is 6.43. The van der Waals surface area contributed by atoms with Crippen LogP contribution in [0.25, 0.3) is 0 Å². The van der Waals surface area contributed by atoms with Crippen LogP contribution in [0.4, 0.5) is 5.69 Å². The van der Waals surface area contributed by atoms with Gasteiger partial charge in [-0.05, 0) is 30.1 Å². The Balaban J connectivity index is 2.79. The highest BCUT2D eigenvalue weighted by molar-refractivity contribution is 6.44. The number of benzene rings is 1. The summed E-state index contributed by atoms with van der Waals surface area (Å²) in [5, 5.41) is 3.38. The molecule has 0 aliphatic carbocycles. The van der Waals surface area contributed by atoms with Crippen LogP contribution in [0, 0.1) is 12.3 Å². The molecule has 1 unspecified atom stereocenters. The summed E-state index contributed by atoms with van der Waals surface area (Å²) >= 11 is 0. The van der Waals surface area contributed by atoms with Crippen molar-refractivity contribution in [2.45, 2.75) is 40.6 Å². The molecule has 0 saturated carbocycles. The number of nitrogens with one attached hydrogen (secondary N) is 1. The second kappa shape index (κ2) is 6.10. The maximum atomic E-state index is 6.17. The molecule has 0 heterocycles. The van der Waals surface area contributed by atoms with Gasteiger partial charge in [0.15, 0.2) is 7.28 Å². The van der Waals surface area contributed by atoms with Gasteiger partial charge in [-0.25, -0.2) is 0 Å². The third-order valence-electron chi connectivity index (χ3n) is 3.01. The molecule has 0 fully saturated rings. The van der Waals surface area contributed by atoms with E-state index in [0.29, 0.717) is 0 Å². The van der Waals surface area contributed by atoms with E-state index in [0.717, 1.165) is 11.3 Å². The lowest BCUT2D eigenvalue weighted by atomic mass is 9.74. The molecule has 0 saturated heterocycles. The zero-order chi connectivity index (χ0) is 13.8. The molecule has 1 rings (SSSR count). The average molecular weight is 243 g/mol. The van der Waals surface area contributed by atoms with E-state index in [1.807, 2.05) is 14.1 Å². The lowest BCUT2D eigenvalue weighted by Gasteiger charge is -2.25. The van der Waals surface area contributed by atoms with Crippen molar-refractivity contribution in [3.05, 3.63) is 41.5 Å². The van der Waals surface area contributed by atoms with Gasteiger partial charge in [-0.15, -0.1) is 0 Å². The number of hydrogen-bond donors (Lipinski definition) is 2. The summed E-state index contributed by atoms with van der Waals surface area (Å²) in [4.78, 5) is 0. The Bertz CT molecular complexity index is 401. The molecule has 3 N–H and O–H groups in total. The molecule has 0 aliphatic rings. The van der Waals surface area contributed by atoms with Crippen LogP contribution in [0.2, 0.25) is 6.82 Å². The monoisotopic (exact) mass is 243 g/mol. The summed E-state index contributed by atoms with van der Waals surface area (Å²) < 4.78 is 0. The highest BCUT2D eigenvalue weighted by Gasteiger charge is 2.18. The minimum Gasteiger partial charge on any atom is -0.368 e. The van der Waals surface area contributed by atoms with Gasteiger partial charge >= 0.3 is 0 Å². The number of anilines is 1. The summed E-state index contributed by atoms with van der Waals surface area (Å²) in [7, 11) is 2.05. The molecule has 0 aromatic heterocycles. The van der Waals surface area contributed by atoms with E-state index in [2.05, 4.69) is 63.4 Å². The molecule has 0 spiro atoms. The van der Waals surface area contributed by atoms with Gasteiger partial charge in [0.2, 0.25) is 0 Å². The molecule has 1 aromatic rings. The highest BCUT2D eigenvalue weighted by Crippen LogP contribution is 2.20. The number of rotatable bonds is 4. The van der Waals surface area contributed by atoms with Crippen LogP contribution in [0.15, 0.2) is 35.9 Å². The predicted octanol–water partition coefficient (Wildman–Crippen LogP) is 3.37. The van der Waals surface area contributed by atoms with Crippen molar-refractivity contribution in [2.24, 2.45) is 11.1 Å². The molecule has 1 atom stereocenters. The van der Waals surface area contributed by atoms with Gasteiger partial charge in [-0.3, -0.25) is 0 Å². The van der Waals surface area contributed by atoms with E-state index in [1.165, 1.54) is 5.56 Å². The molecule has 3 heteroatoms. The normalized spacial score (nSPS) is 14.2. The molecule has 18 heavy (non-hydrogen) atoms. The van der Waals surface area contributed by atoms with Gasteiger partial charge in [0, 0.05) is 11.7 Å². The Morgan fingerprint density at radius 1 is 1.28 bits per heavy atom. The molecular formula is C15H24BN2. The fraction of sp³-hybridized carbons (Fsp3) is 0.467. The van der Waals surface area contributed by atoms with E-state index in [-0.39, 0.29) is 11.5 Å². The Morgan fingerprint density at radius 2 is 1.83 bits per heavy atom. The van der Waals surface area contributed by atoms with Crippen LogP contribution in [-0.4, -0.2) is 13.3 Å². The van der Waals surface area contributed by atoms with Gasteiger partial charge in [-0.1, -0.05) is 51.4 Å². The topological polar surface area (TPSA) is 38.0 Å². The second-order valence-corrected chi connectivity index (χ2v) is 5.79. The first-order valence-corrected chi connectivity index (χ1v) is 6.43. The molecule has 1 aromatic carbocycles. The fourth-order valence-electron chi connectivity index (χ4n) is 1.46. The lowest BCUT2D eigenvalue weighted by molar-refractivity contribution is 0.365. The molecule has 0 amide bonds. The number of nitrogens with two attached hydrogens (primary N) is 1. The highest BCUT2D eigenvalue weighted by atomic mass is 14.9. The molecule has 2 nitrogen and oxygen atoms in total. The summed E-state index contributed by atoms with van der Waals surface area (Å²) in [6, 6.07) is 8.38. The minimum absolute atomic E-state index is 0.0293. The molecule has 0 aliphatic heterocycles. The Kier molecular flexibility index (Phi) is 5.03. The zero-order valence-electron chi connectivity index (χ0n) is 12.1. The summed E-state index contributed by atoms with van der Waals surface area (Å²) in [6.07, 6.45) is 2.08. The number of hydrogen-bond acceptors (Lipinski definition) is 2. The molecule has 0 bridgehead atoms. The lowest BCUT2D eigenvalue weighted by Crippen LogP contribution is -2.34. The van der Waals surface area contributed by atoms with E-state index in [1.54, 1.807) is 0 Å². The summed E-state index contributed by atoms with van der Waals surface area (Å²) in [6.45, 7) is 10.5. The zero-order valence-corrected chi connectivity index (χ0v) is 12.1. The predicted molar refractivity (Wildman–Crippen MR) is 81.9 cm³/mol. The SMILES string of the molecule is C[B]/C(=C/C(N)C(C)(C)C)Nc1ccc(C)cc1. The van der Waals surface area contributed by atoms with Crippen LogP contribution in [0.3, 0.4) is 0 Å². The molecule has 97 valence electrons. The fourth-order valence-corrected chi connectivity index (χ4v) is 1.46. The van der Waals surface area contributed by atoms with Crippen LogP contribution >= 0.6 is 0 Å². The van der Waals surface area contributed by atoms with Crippen LogP contribution in [0.1, 0.15) is 26.3 Å². The Labute approximate surface area is 112 Å². The van der Waals surface area contributed by atoms with Crippen molar-refractivity contribution >= 4 is 13.0 Å². The quantitative estimate of drug-likeness (QED) is 0.795. The van der Waals surface area contributed by atoms with E-state index >= 15 is 0 Å². The van der Waals surface area contributed by atoms with Crippen LogP contribution in [-0.2, 0) is 0 Å². The van der Waals surface area contributed by atoms with Gasteiger partial charge < -0.3 is 11.1 Å². The van der Waals surface area contributed by atoms with Crippen molar-refractivity contribution in [1.29, 1.82) is 0 Å². The van der Waals surface area contributed by atoms with Gasteiger partial charge in [0.05, 0.1) is 0 Å². The van der Waals surface area contributed by atoms with Crippen LogP contribution in [0.5, 0.6) is 0 Å². The Hall–Kier alpha value is -1.22. The van der Waals surface area contributed by atoms with E-state index < -0.39 is 0 Å². The van der Waals surface area contributed by atoms with Crippen molar-refractivity contribution in [1.82, 2.24) is 0 Å². The Morgan fingerprint density at radius 3 is 2.28 bits per heavy atom. The second-order valence-electron chi connectivity index (χ2n) is 5.79. The third-order valence-corrected chi connectivity index (χ3v) is 3.01. The standard InChI is InChI=1S/C15H24BN2/c1-11-6-8-12(9-7-11)18-14(16-5)10-13(17)15(2,3)4/h6-10,13,18H,17H2,1-5H3/b14-10-. The first-order chi connectivity index (χ1) is 8.32. The van der Waals surface area contributed by atoms with Gasteiger partial charge in [0.25, 0.3) is 0 Å². The van der Waals surface area contributed by atoms with Crippen molar-refractivity contribution < 1.29 is 0 Å². The first kappa shape index (κ1) is 14.8. The maximum Gasteiger partial charge on any atom is 0.170 e. The maximum absolute atomic E-state index is 6.17.